The van der Waals surface area contributed by atoms with E-state index in [0.29, 0.717) is 29.2 Å². The number of benzene rings is 1. The largest absolute Gasteiger partial charge is 1.00 e. The van der Waals surface area contributed by atoms with Gasteiger partial charge in [-0.25, -0.2) is 0 Å². The van der Waals surface area contributed by atoms with E-state index in [1.54, 1.807) is 15.9 Å². The van der Waals surface area contributed by atoms with E-state index in [4.69, 9.17) is 4.74 Å². The quantitative estimate of drug-likeness (QED) is 0.226. The number of quaternary nitrogens is 2. The first-order chi connectivity index (χ1) is 15.3. The van der Waals surface area contributed by atoms with Crippen molar-refractivity contribution >= 4 is 16.7 Å². The van der Waals surface area contributed by atoms with Gasteiger partial charge in [-0.15, -0.1) is 0 Å². The molecule has 9 heteroatoms. The molecule has 1 aliphatic rings. The van der Waals surface area contributed by atoms with Crippen molar-refractivity contribution in [1.82, 2.24) is 14.4 Å². The minimum Gasteiger partial charge on any atom is -1.00 e. The van der Waals surface area contributed by atoms with E-state index in [0.717, 1.165) is 19.5 Å². The summed E-state index contributed by atoms with van der Waals surface area (Å²) in [6.45, 7) is 7.79. The SMILES string of the molecule is O=c1[nH]c2ccc(OCCC[NH+]3CC[NH+](Cc4ccccc4)CC3)nc2n2cccc12.[Cl-].[Cl-]. The van der Waals surface area contributed by atoms with Gasteiger partial charge in [0.25, 0.3) is 5.56 Å². The Morgan fingerprint density at radius 2 is 1.70 bits per heavy atom. The fraction of sp³-hybridized carbons (Fsp3) is 0.333. The number of piperazine rings is 1. The molecule has 3 aromatic heterocycles. The number of fused-ring (bicyclic) bond motifs is 3. The highest BCUT2D eigenvalue weighted by molar-refractivity contribution is 5.74. The number of H-pyrrole nitrogens is 1. The lowest BCUT2D eigenvalue weighted by Crippen LogP contribution is -3.27. The summed E-state index contributed by atoms with van der Waals surface area (Å²) in [5.74, 6) is 0.599. The topological polar surface area (TPSA) is 68.3 Å². The fourth-order valence-electron chi connectivity index (χ4n) is 4.50. The van der Waals surface area contributed by atoms with Crippen molar-refractivity contribution in [1.29, 1.82) is 0 Å². The molecule has 0 bridgehead atoms. The number of pyridine rings is 1. The van der Waals surface area contributed by atoms with Crippen molar-refractivity contribution in [2.45, 2.75) is 13.0 Å². The molecule has 4 aromatic rings. The van der Waals surface area contributed by atoms with Crippen molar-refractivity contribution in [3.63, 3.8) is 0 Å². The number of halogens is 2. The molecule has 33 heavy (non-hydrogen) atoms. The van der Waals surface area contributed by atoms with Crippen LogP contribution in [0.2, 0.25) is 0 Å². The predicted octanol–water partition coefficient (Wildman–Crippen LogP) is -6.06. The summed E-state index contributed by atoms with van der Waals surface area (Å²) < 4.78 is 7.73. The van der Waals surface area contributed by atoms with Gasteiger partial charge < -0.3 is 44.3 Å². The lowest BCUT2D eigenvalue weighted by molar-refractivity contribution is -1.02. The highest BCUT2D eigenvalue weighted by atomic mass is 35.5. The molecule has 0 aliphatic carbocycles. The Kier molecular flexibility index (Phi) is 8.74. The summed E-state index contributed by atoms with van der Waals surface area (Å²) in [7, 11) is 0. The van der Waals surface area contributed by atoms with Crippen LogP contribution in [0.5, 0.6) is 5.88 Å². The first-order valence-corrected chi connectivity index (χ1v) is 11.1. The number of hydrogen-bond donors (Lipinski definition) is 3. The molecular weight excluding hydrogens is 461 g/mol. The van der Waals surface area contributed by atoms with E-state index in [2.05, 4.69) is 40.3 Å². The minimum atomic E-state index is -0.110. The first-order valence-electron chi connectivity index (χ1n) is 11.1. The summed E-state index contributed by atoms with van der Waals surface area (Å²) in [5.41, 5.74) is 3.33. The molecule has 0 saturated carbocycles. The highest BCUT2D eigenvalue weighted by Gasteiger charge is 2.22. The van der Waals surface area contributed by atoms with Gasteiger partial charge in [-0.3, -0.25) is 9.20 Å². The molecule has 1 saturated heterocycles. The summed E-state index contributed by atoms with van der Waals surface area (Å²) in [6.07, 6.45) is 2.86. The smallest absolute Gasteiger partial charge is 0.272 e. The Morgan fingerprint density at radius 3 is 2.48 bits per heavy atom. The van der Waals surface area contributed by atoms with Crippen molar-refractivity contribution < 1.29 is 39.4 Å². The van der Waals surface area contributed by atoms with E-state index >= 15 is 0 Å². The molecule has 0 amide bonds. The van der Waals surface area contributed by atoms with Crippen LogP contribution in [0.3, 0.4) is 0 Å². The zero-order valence-corrected chi connectivity index (χ0v) is 19.9. The van der Waals surface area contributed by atoms with Crippen LogP contribution in [0.1, 0.15) is 12.0 Å². The monoisotopic (exact) mass is 489 g/mol. The number of aromatic nitrogens is 3. The molecule has 1 fully saturated rings. The molecule has 0 spiro atoms. The van der Waals surface area contributed by atoms with Gasteiger partial charge in [0, 0.05) is 24.2 Å². The van der Waals surface area contributed by atoms with Gasteiger partial charge in [0.15, 0.2) is 5.65 Å². The van der Waals surface area contributed by atoms with E-state index in [9.17, 15) is 4.79 Å². The van der Waals surface area contributed by atoms with Gasteiger partial charge in [0.1, 0.15) is 38.2 Å². The molecule has 3 N–H and O–H groups in total. The van der Waals surface area contributed by atoms with Gasteiger partial charge in [-0.1, -0.05) is 30.3 Å². The van der Waals surface area contributed by atoms with Gasteiger partial charge >= 0.3 is 0 Å². The lowest BCUT2D eigenvalue weighted by Gasteiger charge is -2.29. The number of ether oxygens (including phenoxy) is 1. The van der Waals surface area contributed by atoms with Crippen LogP contribution in [0.4, 0.5) is 0 Å². The zero-order valence-electron chi connectivity index (χ0n) is 18.4. The predicted molar refractivity (Wildman–Crippen MR) is 120 cm³/mol. The maximum Gasteiger partial charge on any atom is 0.272 e. The number of aromatic amines is 1. The van der Waals surface area contributed by atoms with Crippen molar-refractivity contribution in [3.05, 3.63) is 76.7 Å². The summed E-state index contributed by atoms with van der Waals surface area (Å²) in [5, 5.41) is 0. The molecule has 7 nitrogen and oxygen atoms in total. The van der Waals surface area contributed by atoms with Gasteiger partial charge in [-0.2, -0.15) is 4.98 Å². The van der Waals surface area contributed by atoms with Crippen LogP contribution < -0.4 is 44.9 Å². The van der Waals surface area contributed by atoms with Crippen LogP contribution >= 0.6 is 0 Å². The molecule has 1 aliphatic heterocycles. The van der Waals surface area contributed by atoms with Crippen molar-refractivity contribution in [2.75, 3.05) is 39.3 Å². The molecule has 4 heterocycles. The fourth-order valence-corrected chi connectivity index (χ4v) is 4.50. The number of hydrogen-bond acceptors (Lipinski definition) is 3. The third-order valence-corrected chi connectivity index (χ3v) is 6.19. The molecule has 0 radical (unpaired) electrons. The average molecular weight is 490 g/mol. The molecule has 176 valence electrons. The van der Waals surface area contributed by atoms with Crippen LogP contribution in [-0.4, -0.2) is 53.7 Å². The molecular formula is C24H29Cl2N5O2. The Hall–Kier alpha value is -2.58. The maximum atomic E-state index is 12.1. The lowest BCUT2D eigenvalue weighted by atomic mass is 10.2. The van der Waals surface area contributed by atoms with E-state index in [1.165, 1.54) is 31.7 Å². The number of rotatable bonds is 7. The third kappa shape index (κ3) is 5.86. The molecule has 1 aromatic carbocycles. The first kappa shape index (κ1) is 25.1. The zero-order chi connectivity index (χ0) is 21.0. The van der Waals surface area contributed by atoms with Gasteiger partial charge in [0.05, 0.1) is 18.7 Å². The second kappa shape index (κ2) is 11.5. The number of nitrogens with zero attached hydrogens (tertiary/aromatic N) is 2. The number of nitrogens with one attached hydrogen (secondary N) is 3. The van der Waals surface area contributed by atoms with Gasteiger partial charge in [-0.05, 0) is 18.2 Å². The standard InChI is InChI=1S/C24H27N5O2.2ClH/c30-24-21-8-4-12-29(21)23-20(25-24)9-10-22(26-23)31-17-5-11-27-13-15-28(16-14-27)18-19-6-2-1-3-7-19;;/h1-4,6-10,12H,5,11,13-18H2,(H,25,30);2*1H. The summed E-state index contributed by atoms with van der Waals surface area (Å²) in [4.78, 5) is 22.9. The summed E-state index contributed by atoms with van der Waals surface area (Å²) in [6, 6.07) is 18.1. The minimum absolute atomic E-state index is 0. The Labute approximate surface area is 205 Å². The molecule has 5 rings (SSSR count). The second-order valence-corrected chi connectivity index (χ2v) is 8.35. The Bertz CT molecular complexity index is 1220. The van der Waals surface area contributed by atoms with Crippen LogP contribution in [0.15, 0.2) is 65.6 Å². The Balaban J connectivity index is 0.00000153. The average Bonchev–Trinajstić information content (AvgIpc) is 3.30. The van der Waals surface area contributed by atoms with E-state index in [1.807, 2.05) is 28.8 Å². The van der Waals surface area contributed by atoms with Crippen LogP contribution in [0, 0.1) is 0 Å². The summed E-state index contributed by atoms with van der Waals surface area (Å²) >= 11 is 0. The van der Waals surface area contributed by atoms with E-state index in [-0.39, 0.29) is 30.4 Å². The van der Waals surface area contributed by atoms with Crippen LogP contribution in [-0.2, 0) is 6.54 Å². The second-order valence-electron chi connectivity index (χ2n) is 8.35. The van der Waals surface area contributed by atoms with Crippen molar-refractivity contribution in [3.8, 4) is 5.88 Å². The third-order valence-electron chi connectivity index (χ3n) is 6.19. The normalized spacial score (nSPS) is 17.9. The molecule has 0 atom stereocenters. The molecule has 0 unspecified atom stereocenters. The van der Waals surface area contributed by atoms with Gasteiger partial charge in [0.2, 0.25) is 5.88 Å². The highest BCUT2D eigenvalue weighted by Crippen LogP contribution is 2.15. The van der Waals surface area contributed by atoms with Crippen LogP contribution in [0.25, 0.3) is 16.7 Å². The maximum absolute atomic E-state index is 12.1. The van der Waals surface area contributed by atoms with E-state index < -0.39 is 0 Å². The van der Waals surface area contributed by atoms with Crippen molar-refractivity contribution in [2.24, 2.45) is 0 Å². The Morgan fingerprint density at radius 1 is 0.939 bits per heavy atom.